The topological polar surface area (TPSA) is 56.8 Å². The lowest BCUT2D eigenvalue weighted by Crippen LogP contribution is -2.32. The van der Waals surface area contributed by atoms with Gasteiger partial charge in [0.15, 0.2) is 17.6 Å². The lowest BCUT2D eigenvalue weighted by molar-refractivity contribution is -0.122. The quantitative estimate of drug-likeness (QED) is 0.880. The number of carbonyl (C=O) groups is 1. The van der Waals surface area contributed by atoms with Crippen LogP contribution < -0.4 is 19.5 Å². The molecule has 1 aliphatic heterocycles. The molecule has 1 heterocycles. The van der Waals surface area contributed by atoms with Crippen LogP contribution in [0, 0.1) is 0 Å². The fourth-order valence-electron chi connectivity index (χ4n) is 3.47. The number of anilines is 1. The number of carbonyl (C=O) groups excluding carboxylic acids is 1. The van der Waals surface area contributed by atoms with Gasteiger partial charge in [0.1, 0.15) is 5.75 Å². The first-order valence-corrected chi connectivity index (χ1v) is 9.22. The summed E-state index contributed by atoms with van der Waals surface area (Å²) in [5.74, 6) is 1.94. The molecule has 1 N–H and O–H groups in total. The second kappa shape index (κ2) is 7.28. The summed E-state index contributed by atoms with van der Waals surface area (Å²) < 4.78 is 16.6. The van der Waals surface area contributed by atoms with Crippen molar-refractivity contribution in [3.8, 4) is 17.2 Å². The first kappa shape index (κ1) is 16.8. The minimum absolute atomic E-state index is 0.163. The maximum absolute atomic E-state index is 12.6. The van der Waals surface area contributed by atoms with E-state index in [4.69, 9.17) is 14.2 Å². The zero-order valence-electron chi connectivity index (χ0n) is 14.9. The highest BCUT2D eigenvalue weighted by molar-refractivity contribution is 5.94. The van der Waals surface area contributed by atoms with Crippen LogP contribution in [0.25, 0.3) is 0 Å². The number of amides is 1. The van der Waals surface area contributed by atoms with Crippen molar-refractivity contribution in [2.45, 2.75) is 45.1 Å². The van der Waals surface area contributed by atoms with Crippen molar-refractivity contribution in [1.29, 1.82) is 0 Å². The SMILES string of the molecule is CC[C@H](Oc1ccc2c(c1)CCCC2)C(=O)Nc1ccc2c(c1)OCO2. The maximum Gasteiger partial charge on any atom is 0.265 e. The van der Waals surface area contributed by atoms with E-state index in [1.165, 1.54) is 24.0 Å². The maximum atomic E-state index is 12.6. The van der Waals surface area contributed by atoms with Crippen molar-refractivity contribution >= 4 is 11.6 Å². The Morgan fingerprint density at radius 3 is 2.73 bits per heavy atom. The zero-order valence-corrected chi connectivity index (χ0v) is 14.9. The van der Waals surface area contributed by atoms with Crippen molar-refractivity contribution in [1.82, 2.24) is 0 Å². The van der Waals surface area contributed by atoms with Crippen LogP contribution in [0.3, 0.4) is 0 Å². The number of hydrogen-bond donors (Lipinski definition) is 1. The highest BCUT2D eigenvalue weighted by atomic mass is 16.7. The smallest absolute Gasteiger partial charge is 0.265 e. The molecular weight excluding hydrogens is 330 g/mol. The van der Waals surface area contributed by atoms with Gasteiger partial charge in [-0.25, -0.2) is 0 Å². The monoisotopic (exact) mass is 353 g/mol. The molecular formula is C21H23NO4. The second-order valence-corrected chi connectivity index (χ2v) is 6.71. The van der Waals surface area contributed by atoms with E-state index >= 15 is 0 Å². The summed E-state index contributed by atoms with van der Waals surface area (Å²) in [6.45, 7) is 2.16. The summed E-state index contributed by atoms with van der Waals surface area (Å²) in [4.78, 5) is 12.6. The van der Waals surface area contributed by atoms with Gasteiger partial charge in [0, 0.05) is 11.8 Å². The zero-order chi connectivity index (χ0) is 17.9. The Morgan fingerprint density at radius 2 is 1.88 bits per heavy atom. The molecule has 26 heavy (non-hydrogen) atoms. The van der Waals surface area contributed by atoms with E-state index in [9.17, 15) is 4.79 Å². The van der Waals surface area contributed by atoms with Crippen molar-refractivity contribution in [3.63, 3.8) is 0 Å². The molecule has 0 saturated carbocycles. The van der Waals surface area contributed by atoms with Gasteiger partial charge in [-0.2, -0.15) is 0 Å². The second-order valence-electron chi connectivity index (χ2n) is 6.71. The van der Waals surface area contributed by atoms with E-state index < -0.39 is 6.10 Å². The van der Waals surface area contributed by atoms with Crippen LogP contribution in [0.15, 0.2) is 36.4 Å². The average molecular weight is 353 g/mol. The van der Waals surface area contributed by atoms with Crippen LogP contribution in [-0.4, -0.2) is 18.8 Å². The lowest BCUT2D eigenvalue weighted by atomic mass is 9.92. The Bertz CT molecular complexity index is 818. The summed E-state index contributed by atoms with van der Waals surface area (Å²) >= 11 is 0. The fourth-order valence-corrected chi connectivity index (χ4v) is 3.47. The third-order valence-corrected chi connectivity index (χ3v) is 4.90. The molecule has 0 spiro atoms. The fraction of sp³-hybridized carbons (Fsp3) is 0.381. The number of benzene rings is 2. The van der Waals surface area contributed by atoms with Crippen molar-refractivity contribution in [2.24, 2.45) is 0 Å². The molecule has 1 atom stereocenters. The van der Waals surface area contributed by atoms with Crippen LogP contribution >= 0.6 is 0 Å². The third kappa shape index (κ3) is 3.47. The Kier molecular flexibility index (Phi) is 4.69. The third-order valence-electron chi connectivity index (χ3n) is 4.90. The van der Waals surface area contributed by atoms with Gasteiger partial charge in [-0.05, 0) is 67.5 Å². The van der Waals surface area contributed by atoms with Gasteiger partial charge in [0.25, 0.3) is 5.91 Å². The first-order valence-electron chi connectivity index (χ1n) is 9.22. The van der Waals surface area contributed by atoms with E-state index in [0.29, 0.717) is 23.6 Å². The molecule has 4 rings (SSSR count). The number of fused-ring (bicyclic) bond motifs is 2. The van der Waals surface area contributed by atoms with Gasteiger partial charge in [-0.1, -0.05) is 13.0 Å². The molecule has 2 aromatic rings. The molecule has 0 fully saturated rings. The molecule has 0 radical (unpaired) electrons. The van der Waals surface area contributed by atoms with E-state index in [1.54, 1.807) is 18.2 Å². The molecule has 2 aliphatic rings. The van der Waals surface area contributed by atoms with Crippen molar-refractivity contribution < 1.29 is 19.0 Å². The largest absolute Gasteiger partial charge is 0.481 e. The van der Waals surface area contributed by atoms with E-state index in [2.05, 4.69) is 17.4 Å². The van der Waals surface area contributed by atoms with Gasteiger partial charge in [-0.3, -0.25) is 4.79 Å². The van der Waals surface area contributed by atoms with Gasteiger partial charge in [0.05, 0.1) is 0 Å². The van der Waals surface area contributed by atoms with Gasteiger partial charge < -0.3 is 19.5 Å². The Morgan fingerprint density at radius 1 is 1.08 bits per heavy atom. The molecule has 0 aromatic heterocycles. The summed E-state index contributed by atoms with van der Waals surface area (Å²) in [6, 6.07) is 11.6. The highest BCUT2D eigenvalue weighted by Crippen LogP contribution is 2.34. The van der Waals surface area contributed by atoms with E-state index in [1.807, 2.05) is 13.0 Å². The average Bonchev–Trinajstić information content (AvgIpc) is 3.13. The number of ether oxygens (including phenoxy) is 3. The summed E-state index contributed by atoms with van der Waals surface area (Å²) in [5.41, 5.74) is 3.42. The molecule has 136 valence electrons. The van der Waals surface area contributed by atoms with E-state index in [0.717, 1.165) is 18.6 Å². The van der Waals surface area contributed by atoms with Gasteiger partial charge in [-0.15, -0.1) is 0 Å². The number of hydrogen-bond acceptors (Lipinski definition) is 4. The first-order chi connectivity index (χ1) is 12.7. The van der Waals surface area contributed by atoms with Crippen LogP contribution in [0.4, 0.5) is 5.69 Å². The normalized spacial score (nSPS) is 15.9. The molecule has 5 heteroatoms. The molecule has 5 nitrogen and oxygen atoms in total. The van der Waals surface area contributed by atoms with Crippen molar-refractivity contribution in [2.75, 3.05) is 12.1 Å². The number of rotatable bonds is 5. The minimum atomic E-state index is -0.540. The highest BCUT2D eigenvalue weighted by Gasteiger charge is 2.21. The van der Waals surface area contributed by atoms with E-state index in [-0.39, 0.29) is 12.7 Å². The number of nitrogens with one attached hydrogen (secondary N) is 1. The van der Waals surface area contributed by atoms with Crippen LogP contribution in [0.5, 0.6) is 17.2 Å². The van der Waals surface area contributed by atoms with Crippen LogP contribution in [0.1, 0.15) is 37.3 Å². The Hall–Kier alpha value is -2.69. The predicted octanol–water partition coefficient (Wildman–Crippen LogP) is 4.09. The Labute approximate surface area is 153 Å². The Balaban J connectivity index is 1.44. The molecule has 1 aliphatic carbocycles. The lowest BCUT2D eigenvalue weighted by Gasteiger charge is -2.20. The minimum Gasteiger partial charge on any atom is -0.481 e. The summed E-state index contributed by atoms with van der Waals surface area (Å²) in [5, 5.41) is 2.91. The molecule has 1 amide bonds. The standard InChI is InChI=1S/C21H23NO4/c1-2-18(26-17-9-7-14-5-3-4-6-15(14)11-17)21(23)22-16-8-10-19-20(12-16)25-13-24-19/h7-12,18H,2-6,13H2,1H3,(H,22,23)/t18-/m0/s1. The van der Waals surface area contributed by atoms with Crippen LogP contribution in [0.2, 0.25) is 0 Å². The molecule has 0 unspecified atom stereocenters. The molecule has 0 saturated heterocycles. The summed E-state index contributed by atoms with van der Waals surface area (Å²) in [7, 11) is 0. The van der Waals surface area contributed by atoms with Gasteiger partial charge in [0.2, 0.25) is 6.79 Å². The summed E-state index contributed by atoms with van der Waals surface area (Å²) in [6.07, 6.45) is 4.75. The number of aryl methyl sites for hydroxylation is 2. The van der Waals surface area contributed by atoms with Gasteiger partial charge >= 0.3 is 0 Å². The molecule has 2 aromatic carbocycles. The molecule has 0 bridgehead atoms. The predicted molar refractivity (Wildman–Crippen MR) is 99.0 cm³/mol. The van der Waals surface area contributed by atoms with Crippen molar-refractivity contribution in [3.05, 3.63) is 47.5 Å². The van der Waals surface area contributed by atoms with Crippen LogP contribution in [-0.2, 0) is 17.6 Å².